The molecule has 8 heteroatoms. The Hall–Kier alpha value is -3.10. The summed E-state index contributed by atoms with van der Waals surface area (Å²) in [6, 6.07) is 17.4. The second-order valence-corrected chi connectivity index (χ2v) is 7.37. The van der Waals surface area contributed by atoms with E-state index in [1.807, 2.05) is 30.3 Å². The van der Waals surface area contributed by atoms with Gasteiger partial charge in [0, 0.05) is 18.6 Å². The van der Waals surface area contributed by atoms with Gasteiger partial charge >= 0.3 is 0 Å². The monoisotopic (exact) mass is 382 g/mol. The van der Waals surface area contributed by atoms with Gasteiger partial charge in [0.25, 0.3) is 10.0 Å². The van der Waals surface area contributed by atoms with Crippen molar-refractivity contribution in [3.8, 4) is 0 Å². The molecule has 0 aliphatic heterocycles. The van der Waals surface area contributed by atoms with Crippen LogP contribution in [0.1, 0.15) is 5.56 Å². The highest BCUT2D eigenvalue weighted by atomic mass is 32.2. The molecule has 1 aromatic heterocycles. The second-order valence-electron chi connectivity index (χ2n) is 5.51. The summed E-state index contributed by atoms with van der Waals surface area (Å²) in [5.41, 5.74) is 1.58. The minimum atomic E-state index is -3.90. The summed E-state index contributed by atoms with van der Waals surface area (Å²) >= 11 is 0. The van der Waals surface area contributed by atoms with Crippen molar-refractivity contribution in [2.24, 2.45) is 4.99 Å². The van der Waals surface area contributed by atoms with Crippen LogP contribution in [0, 0.1) is 0 Å². The molecule has 0 aliphatic carbocycles. The number of aromatic nitrogens is 2. The van der Waals surface area contributed by atoms with Gasteiger partial charge in [0.05, 0.1) is 23.7 Å². The highest BCUT2D eigenvalue weighted by Crippen LogP contribution is 2.22. The molecule has 0 fully saturated rings. The Morgan fingerprint density at radius 1 is 0.963 bits per heavy atom. The van der Waals surface area contributed by atoms with Gasteiger partial charge in [-0.1, -0.05) is 30.3 Å². The molecule has 0 atom stereocenters. The van der Waals surface area contributed by atoms with E-state index in [0.717, 1.165) is 9.87 Å². The summed E-state index contributed by atoms with van der Waals surface area (Å²) in [6.45, 7) is -0.489. The predicted octanol–water partition coefficient (Wildman–Crippen LogP) is 2.41. The molecule has 3 rings (SSSR count). The van der Waals surface area contributed by atoms with Crippen molar-refractivity contribution >= 4 is 27.9 Å². The lowest BCUT2D eigenvalue weighted by Crippen LogP contribution is -2.34. The molecule has 27 heavy (non-hydrogen) atoms. The van der Waals surface area contributed by atoms with Crippen LogP contribution in [0.2, 0.25) is 0 Å². The van der Waals surface area contributed by atoms with Crippen molar-refractivity contribution in [3.05, 3.63) is 78.6 Å². The molecule has 138 valence electrons. The first-order chi connectivity index (χ1) is 13.1. The third-order valence-electron chi connectivity index (χ3n) is 3.67. The third-order valence-corrected chi connectivity index (χ3v) is 5.46. The summed E-state index contributed by atoms with van der Waals surface area (Å²) < 4.78 is 26.8. The minimum absolute atomic E-state index is 0.0118. The number of rotatable bonds is 7. The van der Waals surface area contributed by atoms with Gasteiger partial charge in [0.2, 0.25) is 5.95 Å². The summed E-state index contributed by atoms with van der Waals surface area (Å²) in [7, 11) is -3.90. The Balaban J connectivity index is 1.85. The Morgan fingerprint density at radius 2 is 1.63 bits per heavy atom. The van der Waals surface area contributed by atoms with Gasteiger partial charge < -0.3 is 5.11 Å². The summed E-state index contributed by atoms with van der Waals surface area (Å²) in [5.74, 6) is 0.0118. The molecule has 0 radical (unpaired) electrons. The van der Waals surface area contributed by atoms with Gasteiger partial charge in [-0.15, -0.1) is 0 Å². The van der Waals surface area contributed by atoms with Crippen molar-refractivity contribution in [2.45, 2.75) is 4.90 Å². The molecule has 7 nitrogen and oxygen atoms in total. The number of nitrogens with zero attached hydrogens (tertiary/aromatic N) is 4. The number of aliphatic hydroxyl groups is 1. The van der Waals surface area contributed by atoms with Crippen LogP contribution in [0.5, 0.6) is 0 Å². The van der Waals surface area contributed by atoms with E-state index in [9.17, 15) is 13.5 Å². The van der Waals surface area contributed by atoms with Crippen molar-refractivity contribution in [1.29, 1.82) is 0 Å². The lowest BCUT2D eigenvalue weighted by atomic mass is 10.2. The van der Waals surface area contributed by atoms with Crippen molar-refractivity contribution in [2.75, 3.05) is 17.5 Å². The van der Waals surface area contributed by atoms with Gasteiger partial charge in [-0.2, -0.15) is 0 Å². The Labute approximate surface area is 157 Å². The van der Waals surface area contributed by atoms with E-state index in [2.05, 4.69) is 15.0 Å². The Morgan fingerprint density at radius 3 is 2.26 bits per heavy atom. The molecular formula is C19H18N4O3S. The quantitative estimate of drug-likeness (QED) is 0.633. The largest absolute Gasteiger partial charge is 0.394 e. The van der Waals surface area contributed by atoms with Crippen LogP contribution in [0.3, 0.4) is 0 Å². The van der Waals surface area contributed by atoms with Crippen molar-refractivity contribution in [3.63, 3.8) is 0 Å². The van der Waals surface area contributed by atoms with Gasteiger partial charge in [-0.25, -0.2) is 22.7 Å². The second kappa shape index (κ2) is 8.52. The predicted molar refractivity (Wildman–Crippen MR) is 104 cm³/mol. The molecule has 0 bridgehead atoms. The van der Waals surface area contributed by atoms with E-state index in [-0.39, 0.29) is 24.0 Å². The van der Waals surface area contributed by atoms with Crippen LogP contribution in [0.15, 0.2) is 82.9 Å². The smallest absolute Gasteiger partial charge is 0.266 e. The van der Waals surface area contributed by atoms with Crippen LogP contribution >= 0.6 is 0 Å². The Bertz CT molecular complexity index is 992. The third kappa shape index (κ3) is 4.55. The number of hydrogen-bond acceptors (Lipinski definition) is 6. The van der Waals surface area contributed by atoms with E-state index in [1.54, 1.807) is 24.4 Å². The first-order valence-corrected chi connectivity index (χ1v) is 9.65. The summed E-state index contributed by atoms with van der Waals surface area (Å²) in [5, 5.41) is 9.25. The van der Waals surface area contributed by atoms with Crippen LogP contribution in [0.25, 0.3) is 0 Å². The number of aliphatic hydroxyl groups excluding tert-OH is 1. The molecule has 0 spiro atoms. The van der Waals surface area contributed by atoms with E-state index in [0.29, 0.717) is 5.69 Å². The van der Waals surface area contributed by atoms with E-state index >= 15 is 0 Å². The number of aliphatic imine (C=N–C) groups is 1. The van der Waals surface area contributed by atoms with E-state index in [1.165, 1.54) is 24.5 Å². The molecule has 0 saturated carbocycles. The maximum Gasteiger partial charge on any atom is 0.266 e. The number of sulfonamides is 1. The molecular weight excluding hydrogens is 364 g/mol. The maximum absolute atomic E-state index is 12.9. The first kappa shape index (κ1) is 18.7. The molecule has 1 heterocycles. The van der Waals surface area contributed by atoms with Gasteiger partial charge in [0.15, 0.2) is 0 Å². The van der Waals surface area contributed by atoms with Gasteiger partial charge in [-0.05, 0) is 35.9 Å². The molecule has 3 aromatic rings. The van der Waals surface area contributed by atoms with Crippen LogP contribution in [0.4, 0.5) is 11.6 Å². The highest BCUT2D eigenvalue weighted by molar-refractivity contribution is 7.92. The first-order valence-electron chi connectivity index (χ1n) is 8.21. The number of benzene rings is 2. The zero-order valence-electron chi connectivity index (χ0n) is 14.4. The van der Waals surface area contributed by atoms with Crippen molar-refractivity contribution in [1.82, 2.24) is 9.97 Å². The van der Waals surface area contributed by atoms with Crippen LogP contribution in [-0.4, -0.2) is 42.9 Å². The SMILES string of the molecule is O=S(=O)(c1ccc(N=Cc2ccccc2)cc1)N(CCO)c1ncccn1. The summed E-state index contributed by atoms with van der Waals surface area (Å²) in [4.78, 5) is 12.4. The summed E-state index contributed by atoms with van der Waals surface area (Å²) in [6.07, 6.45) is 4.60. The van der Waals surface area contributed by atoms with Crippen molar-refractivity contribution < 1.29 is 13.5 Å². The van der Waals surface area contributed by atoms with Gasteiger partial charge in [0.1, 0.15) is 0 Å². The molecule has 0 aliphatic rings. The maximum atomic E-state index is 12.9. The fourth-order valence-electron chi connectivity index (χ4n) is 2.36. The van der Waals surface area contributed by atoms with Crippen LogP contribution < -0.4 is 4.31 Å². The molecule has 0 amide bonds. The van der Waals surface area contributed by atoms with Gasteiger partial charge in [-0.3, -0.25) is 4.99 Å². The average Bonchev–Trinajstić information content (AvgIpc) is 2.72. The lowest BCUT2D eigenvalue weighted by molar-refractivity contribution is 0.306. The Kier molecular flexibility index (Phi) is 5.90. The fourth-order valence-corrected chi connectivity index (χ4v) is 3.72. The normalized spacial score (nSPS) is 11.6. The minimum Gasteiger partial charge on any atom is -0.394 e. The highest BCUT2D eigenvalue weighted by Gasteiger charge is 2.26. The van der Waals surface area contributed by atoms with E-state index in [4.69, 9.17) is 0 Å². The fraction of sp³-hybridized carbons (Fsp3) is 0.105. The average molecular weight is 382 g/mol. The molecule has 2 aromatic carbocycles. The molecule has 0 saturated heterocycles. The molecule has 0 unspecified atom stereocenters. The number of anilines is 1. The lowest BCUT2D eigenvalue weighted by Gasteiger charge is -2.21. The van der Waals surface area contributed by atoms with E-state index < -0.39 is 10.0 Å². The topological polar surface area (TPSA) is 95.8 Å². The zero-order chi connectivity index (χ0) is 19.1. The number of hydrogen-bond donors (Lipinski definition) is 1. The zero-order valence-corrected chi connectivity index (χ0v) is 15.2. The standard InChI is InChI=1S/C19H18N4O3S/c24-14-13-23(19-20-11-4-12-21-19)27(25,26)18-9-7-17(8-10-18)22-15-16-5-2-1-3-6-16/h1-12,15,24H,13-14H2. The molecule has 1 N–H and O–H groups in total. The van der Waals surface area contributed by atoms with Crippen LogP contribution in [-0.2, 0) is 10.0 Å².